The van der Waals surface area contributed by atoms with Crippen molar-refractivity contribution in [3.63, 3.8) is 0 Å². The van der Waals surface area contributed by atoms with Crippen molar-refractivity contribution >= 4 is 5.97 Å². The molecule has 3 unspecified atom stereocenters. The Kier molecular flexibility index (Phi) is 3.63. The van der Waals surface area contributed by atoms with Crippen LogP contribution in [0, 0.1) is 5.92 Å². The summed E-state index contributed by atoms with van der Waals surface area (Å²) >= 11 is 0. The highest BCUT2D eigenvalue weighted by atomic mass is 19.3. The van der Waals surface area contributed by atoms with Gasteiger partial charge in [-0.15, -0.1) is 0 Å². The van der Waals surface area contributed by atoms with E-state index in [1.54, 1.807) is 0 Å². The molecule has 17 heavy (non-hydrogen) atoms. The fourth-order valence-electron chi connectivity index (χ4n) is 2.44. The summed E-state index contributed by atoms with van der Waals surface area (Å²) in [5, 5.41) is 12.3. The third-order valence-corrected chi connectivity index (χ3v) is 3.37. The first-order valence-corrected chi connectivity index (χ1v) is 5.95. The lowest BCUT2D eigenvalue weighted by atomic mass is 10.1. The van der Waals surface area contributed by atoms with Crippen LogP contribution in [-0.4, -0.2) is 42.3 Å². The lowest BCUT2D eigenvalue weighted by Crippen LogP contribution is -2.30. The van der Waals surface area contributed by atoms with E-state index in [0.717, 1.165) is 19.3 Å². The molecule has 0 aromatic heterocycles. The van der Waals surface area contributed by atoms with Crippen LogP contribution in [0.2, 0.25) is 0 Å². The van der Waals surface area contributed by atoms with Gasteiger partial charge < -0.3 is 15.2 Å². The van der Waals surface area contributed by atoms with Crippen LogP contribution >= 0.6 is 0 Å². The van der Waals surface area contributed by atoms with E-state index in [0.29, 0.717) is 12.5 Å². The highest BCUT2D eigenvalue weighted by Gasteiger charge is 2.50. The van der Waals surface area contributed by atoms with E-state index in [-0.39, 0.29) is 12.6 Å². The van der Waals surface area contributed by atoms with Crippen LogP contribution in [0.4, 0.5) is 8.78 Å². The number of hydrogen-bond donors (Lipinski definition) is 2. The van der Waals surface area contributed by atoms with E-state index in [4.69, 9.17) is 0 Å². The molecule has 1 aliphatic heterocycles. The second-order valence-electron chi connectivity index (χ2n) is 4.93. The smallest absolute Gasteiger partial charge is 0.377 e. The minimum absolute atomic E-state index is 0.226. The van der Waals surface area contributed by atoms with Gasteiger partial charge in [0.2, 0.25) is 0 Å². The number of rotatable bonds is 4. The van der Waals surface area contributed by atoms with Crippen molar-refractivity contribution in [3.8, 4) is 0 Å². The van der Waals surface area contributed by atoms with E-state index < -0.39 is 24.4 Å². The minimum Gasteiger partial charge on any atom is -0.456 e. The first-order valence-electron chi connectivity index (χ1n) is 5.95. The van der Waals surface area contributed by atoms with E-state index in [2.05, 4.69) is 10.1 Å². The number of aliphatic hydroxyl groups excluding tert-OH is 1. The molecule has 2 fully saturated rings. The Balaban J connectivity index is 1.65. The molecule has 4 nitrogen and oxygen atoms in total. The van der Waals surface area contributed by atoms with Crippen molar-refractivity contribution in [1.29, 1.82) is 0 Å². The van der Waals surface area contributed by atoms with E-state index in [9.17, 15) is 18.7 Å². The number of nitrogens with one attached hydrogen (secondary N) is 1. The molecule has 1 saturated carbocycles. The number of halogens is 2. The lowest BCUT2D eigenvalue weighted by molar-refractivity contribution is -0.159. The van der Waals surface area contributed by atoms with Crippen molar-refractivity contribution in [3.05, 3.63) is 0 Å². The number of carbonyl (C=O) groups is 1. The summed E-state index contributed by atoms with van der Waals surface area (Å²) in [4.78, 5) is 10.7. The molecule has 98 valence electrons. The average Bonchev–Trinajstić information content (AvgIpc) is 2.73. The van der Waals surface area contributed by atoms with Gasteiger partial charge in [0.05, 0.1) is 12.5 Å². The third kappa shape index (κ3) is 3.13. The molecule has 1 saturated heterocycles. The Labute approximate surface area is 98.3 Å². The van der Waals surface area contributed by atoms with Crippen LogP contribution in [-0.2, 0) is 9.53 Å². The monoisotopic (exact) mass is 249 g/mol. The van der Waals surface area contributed by atoms with Crippen LogP contribution in [0.25, 0.3) is 0 Å². The predicted molar refractivity (Wildman–Crippen MR) is 55.7 cm³/mol. The summed E-state index contributed by atoms with van der Waals surface area (Å²) in [6.07, 6.45) is 1.02. The van der Waals surface area contributed by atoms with Gasteiger partial charge in [0, 0.05) is 6.54 Å². The van der Waals surface area contributed by atoms with E-state index >= 15 is 0 Å². The zero-order valence-corrected chi connectivity index (χ0v) is 9.49. The quantitative estimate of drug-likeness (QED) is 0.720. The number of cyclic esters (lactones) is 1. The van der Waals surface area contributed by atoms with Gasteiger partial charge >= 0.3 is 11.9 Å². The Bertz CT molecular complexity index is 298. The van der Waals surface area contributed by atoms with Gasteiger partial charge in [-0.3, -0.25) is 0 Å². The van der Waals surface area contributed by atoms with Gasteiger partial charge in [0.1, 0.15) is 6.10 Å². The van der Waals surface area contributed by atoms with Crippen molar-refractivity contribution in [1.82, 2.24) is 5.32 Å². The Morgan fingerprint density at radius 3 is 2.71 bits per heavy atom. The number of ether oxygens (including phenoxy) is 1. The van der Waals surface area contributed by atoms with Crippen molar-refractivity contribution in [2.24, 2.45) is 5.92 Å². The second-order valence-corrected chi connectivity index (χ2v) is 4.93. The summed E-state index contributed by atoms with van der Waals surface area (Å²) < 4.78 is 30.2. The first-order chi connectivity index (χ1) is 7.97. The van der Waals surface area contributed by atoms with Crippen LogP contribution in [0.5, 0.6) is 0 Å². The van der Waals surface area contributed by atoms with Crippen molar-refractivity contribution in [2.75, 3.05) is 13.1 Å². The van der Waals surface area contributed by atoms with Gasteiger partial charge in [0.25, 0.3) is 0 Å². The maximum Gasteiger partial charge on any atom is 0.377 e. The van der Waals surface area contributed by atoms with Gasteiger partial charge in [-0.05, 0) is 31.7 Å². The summed E-state index contributed by atoms with van der Waals surface area (Å²) in [7, 11) is 0. The topological polar surface area (TPSA) is 58.6 Å². The SMILES string of the molecule is O=C1OC(CNCC2CCC(O)C2)CC1(F)F. The average molecular weight is 249 g/mol. The first kappa shape index (κ1) is 12.7. The molecule has 2 rings (SSSR count). The zero-order chi connectivity index (χ0) is 12.5. The number of aliphatic hydroxyl groups is 1. The molecule has 0 spiro atoms. The fourth-order valence-corrected chi connectivity index (χ4v) is 2.44. The van der Waals surface area contributed by atoms with Gasteiger partial charge in [-0.25, -0.2) is 4.79 Å². The molecule has 2 aliphatic rings. The van der Waals surface area contributed by atoms with E-state index in [1.165, 1.54) is 0 Å². The Morgan fingerprint density at radius 1 is 1.41 bits per heavy atom. The third-order valence-electron chi connectivity index (χ3n) is 3.37. The van der Waals surface area contributed by atoms with Gasteiger partial charge in [0.15, 0.2) is 0 Å². The van der Waals surface area contributed by atoms with Crippen LogP contribution in [0.1, 0.15) is 25.7 Å². The molecular formula is C11H17F2NO3. The summed E-state index contributed by atoms with van der Waals surface area (Å²) in [5.74, 6) is -4.35. The number of hydrogen-bond acceptors (Lipinski definition) is 4. The minimum atomic E-state index is -3.32. The molecule has 0 bridgehead atoms. The number of esters is 1. The second kappa shape index (κ2) is 4.86. The highest BCUT2D eigenvalue weighted by molar-refractivity contribution is 5.79. The number of alkyl halides is 2. The predicted octanol–water partition coefficient (Wildman–Crippen LogP) is 0.688. The molecule has 1 aliphatic carbocycles. The molecule has 0 radical (unpaired) electrons. The van der Waals surface area contributed by atoms with E-state index in [1.807, 2.05) is 0 Å². The van der Waals surface area contributed by atoms with Crippen LogP contribution in [0.15, 0.2) is 0 Å². The van der Waals surface area contributed by atoms with Crippen molar-refractivity contribution < 1.29 is 23.4 Å². The molecule has 0 aromatic rings. The Morgan fingerprint density at radius 2 is 2.18 bits per heavy atom. The van der Waals surface area contributed by atoms with Crippen LogP contribution in [0.3, 0.4) is 0 Å². The number of carbonyl (C=O) groups excluding carboxylic acids is 1. The maximum absolute atomic E-state index is 12.8. The largest absolute Gasteiger partial charge is 0.456 e. The van der Waals surface area contributed by atoms with Crippen LogP contribution < -0.4 is 5.32 Å². The summed E-state index contributed by atoms with van der Waals surface area (Å²) in [6.45, 7) is 0.935. The maximum atomic E-state index is 12.8. The van der Waals surface area contributed by atoms with Gasteiger partial charge in [-0.2, -0.15) is 8.78 Å². The standard InChI is InChI=1S/C11H17F2NO3/c12-11(13)4-9(17-10(11)16)6-14-5-7-1-2-8(15)3-7/h7-9,14-15H,1-6H2. The molecule has 2 N–H and O–H groups in total. The highest BCUT2D eigenvalue weighted by Crippen LogP contribution is 2.30. The fraction of sp³-hybridized carbons (Fsp3) is 0.909. The Hall–Kier alpha value is -0.750. The lowest BCUT2D eigenvalue weighted by Gasteiger charge is -2.13. The van der Waals surface area contributed by atoms with Crippen molar-refractivity contribution in [2.45, 2.75) is 43.8 Å². The molecule has 1 heterocycles. The molecular weight excluding hydrogens is 232 g/mol. The molecule has 3 atom stereocenters. The summed E-state index contributed by atoms with van der Waals surface area (Å²) in [5.41, 5.74) is 0. The summed E-state index contributed by atoms with van der Waals surface area (Å²) in [6, 6.07) is 0. The van der Waals surface area contributed by atoms with Gasteiger partial charge in [-0.1, -0.05) is 0 Å². The molecule has 0 amide bonds. The normalized spacial score (nSPS) is 36.2. The molecule has 0 aromatic carbocycles. The zero-order valence-electron chi connectivity index (χ0n) is 9.49. The molecule has 6 heteroatoms.